The quantitative estimate of drug-likeness (QED) is 0.0590. The molecule has 0 heterocycles. The molecule has 1 aromatic carbocycles. The third-order valence-electron chi connectivity index (χ3n) is 4.97. The number of hydrazine groups is 1. The lowest BCUT2D eigenvalue weighted by Crippen LogP contribution is -2.59. The Morgan fingerprint density at radius 3 is 2.03 bits per heavy atom. The maximum atomic E-state index is 13.1. The molecule has 0 bridgehead atoms. The molecule has 13 heteroatoms. The summed E-state index contributed by atoms with van der Waals surface area (Å²) in [6.07, 6.45) is 1.28. The van der Waals surface area contributed by atoms with Crippen LogP contribution in [-0.4, -0.2) is 54.3 Å². The molecule has 194 valence electrons. The van der Waals surface area contributed by atoms with Gasteiger partial charge in [-0.15, -0.1) is 0 Å². The number of hydrogen-bond acceptors (Lipinski definition) is 6. The van der Waals surface area contributed by atoms with Crippen LogP contribution in [0.2, 0.25) is 0 Å². The van der Waals surface area contributed by atoms with Crippen molar-refractivity contribution < 1.29 is 14.4 Å². The van der Waals surface area contributed by atoms with Gasteiger partial charge in [-0.25, -0.2) is 5.43 Å². The van der Waals surface area contributed by atoms with Crippen LogP contribution in [-0.2, 0) is 20.8 Å². The molecular weight excluding hydrogens is 452 g/mol. The average molecular weight is 491 g/mol. The van der Waals surface area contributed by atoms with Gasteiger partial charge in [-0.05, 0) is 37.2 Å². The lowest BCUT2D eigenvalue weighted by Gasteiger charge is -2.26. The molecule has 0 aromatic heterocycles. The second kappa shape index (κ2) is 15.1. The van der Waals surface area contributed by atoms with Crippen molar-refractivity contribution in [3.8, 4) is 0 Å². The highest BCUT2D eigenvalue weighted by Crippen LogP contribution is 2.09. The molecule has 0 spiro atoms. The Kier molecular flexibility index (Phi) is 12.6. The number of carbonyl (C=O) groups excluding carboxylic acids is 3. The molecule has 0 fully saturated rings. The normalized spacial score (nSPS) is 13.2. The van der Waals surface area contributed by atoms with Crippen LogP contribution in [0.3, 0.4) is 0 Å². The molecule has 3 atom stereocenters. The molecule has 1 aromatic rings. The molecule has 3 amide bonds. The molecule has 0 saturated carbocycles. The number of primary amides is 1. The summed E-state index contributed by atoms with van der Waals surface area (Å²) in [5.74, 6) is -2.21. The van der Waals surface area contributed by atoms with Gasteiger partial charge in [-0.3, -0.25) is 30.6 Å². The lowest BCUT2D eigenvalue weighted by molar-refractivity contribution is -0.132. The van der Waals surface area contributed by atoms with Crippen molar-refractivity contribution in [3.63, 3.8) is 0 Å². The Morgan fingerprint density at radius 1 is 0.886 bits per heavy atom. The van der Waals surface area contributed by atoms with E-state index in [2.05, 4.69) is 26.8 Å². The van der Waals surface area contributed by atoms with Crippen LogP contribution in [0.15, 0.2) is 30.3 Å². The molecule has 0 aliphatic heterocycles. The standard InChI is InChI=1S/C22H38N10O3/c1-13(2)11-16(19(34)29-15(18(23)33)9-6-10-28-21(24)25)30-20(35)17(31-32-22(26)27)12-14-7-4-3-5-8-14/h3-5,7-8,13,15-17,31H,6,9-12H2,1-2H3,(H2,23,33)(H,29,34)(H,30,35)(H4,24,25,28)(H4,26,27,32)/t15-,16-,17-/m0/s1. The summed E-state index contributed by atoms with van der Waals surface area (Å²) in [7, 11) is 0. The zero-order chi connectivity index (χ0) is 26.4. The van der Waals surface area contributed by atoms with Crippen LogP contribution in [0.4, 0.5) is 0 Å². The first-order valence-corrected chi connectivity index (χ1v) is 11.4. The lowest BCUT2D eigenvalue weighted by atomic mass is 10.0. The zero-order valence-corrected chi connectivity index (χ0v) is 20.2. The van der Waals surface area contributed by atoms with Crippen LogP contribution in [0.5, 0.6) is 0 Å². The van der Waals surface area contributed by atoms with Gasteiger partial charge in [0.25, 0.3) is 0 Å². The first kappa shape index (κ1) is 29.2. The minimum atomic E-state index is -0.944. The van der Waals surface area contributed by atoms with Crippen molar-refractivity contribution in [2.75, 3.05) is 6.54 Å². The molecule has 0 saturated heterocycles. The van der Waals surface area contributed by atoms with Crippen molar-refractivity contribution in [3.05, 3.63) is 35.9 Å². The number of guanidine groups is 2. The monoisotopic (exact) mass is 490 g/mol. The van der Waals surface area contributed by atoms with Gasteiger partial charge in [-0.2, -0.15) is 0 Å². The number of amides is 3. The summed E-state index contributed by atoms with van der Waals surface area (Å²) in [5, 5.41) is 22.5. The Balaban J connectivity index is 2.91. The van der Waals surface area contributed by atoms with Crippen LogP contribution in [0.1, 0.15) is 38.7 Å². The van der Waals surface area contributed by atoms with Crippen LogP contribution in [0, 0.1) is 16.7 Å². The summed E-state index contributed by atoms with van der Waals surface area (Å²) in [4.78, 5) is 38.0. The summed E-state index contributed by atoms with van der Waals surface area (Å²) in [6.45, 7) is 4.15. The van der Waals surface area contributed by atoms with E-state index in [9.17, 15) is 14.4 Å². The van der Waals surface area contributed by atoms with Gasteiger partial charge in [0.15, 0.2) is 11.9 Å². The molecule has 13 nitrogen and oxygen atoms in total. The van der Waals surface area contributed by atoms with Gasteiger partial charge >= 0.3 is 0 Å². The highest BCUT2D eigenvalue weighted by atomic mass is 16.2. The number of nitrogens with one attached hydrogen (secondary N) is 7. The molecule has 0 aliphatic carbocycles. The summed E-state index contributed by atoms with van der Waals surface area (Å²) < 4.78 is 0. The van der Waals surface area contributed by atoms with E-state index >= 15 is 0 Å². The van der Waals surface area contributed by atoms with Gasteiger partial charge in [0.1, 0.15) is 18.1 Å². The second-order valence-corrected chi connectivity index (χ2v) is 8.56. The van der Waals surface area contributed by atoms with Crippen molar-refractivity contribution in [1.82, 2.24) is 26.8 Å². The SMILES string of the molecule is CC(C)C[C@H](NC(=O)[C@H](Cc1ccccc1)NNC(=N)N)C(=O)N[C@@H](CCCNC(=N)N)C(N)=O. The Hall–Kier alpha value is -3.87. The number of hydrogen-bond donors (Lipinski definition) is 10. The van der Waals surface area contributed by atoms with Gasteiger partial charge in [-0.1, -0.05) is 44.2 Å². The van der Waals surface area contributed by atoms with E-state index in [0.29, 0.717) is 19.4 Å². The predicted molar refractivity (Wildman–Crippen MR) is 134 cm³/mol. The van der Waals surface area contributed by atoms with E-state index in [4.69, 9.17) is 28.0 Å². The molecule has 0 radical (unpaired) electrons. The largest absolute Gasteiger partial charge is 0.370 e. The van der Waals surface area contributed by atoms with Crippen LogP contribution < -0.4 is 44.0 Å². The minimum Gasteiger partial charge on any atom is -0.370 e. The molecule has 0 unspecified atom stereocenters. The van der Waals surface area contributed by atoms with Gasteiger partial charge in [0, 0.05) is 6.54 Å². The number of rotatable bonds is 15. The van der Waals surface area contributed by atoms with Gasteiger partial charge in [0.2, 0.25) is 17.7 Å². The first-order valence-electron chi connectivity index (χ1n) is 11.4. The maximum Gasteiger partial charge on any atom is 0.243 e. The fourth-order valence-corrected chi connectivity index (χ4v) is 3.29. The second-order valence-electron chi connectivity index (χ2n) is 8.56. The van der Waals surface area contributed by atoms with E-state index in [-0.39, 0.29) is 30.7 Å². The molecule has 0 aliphatic rings. The molecule has 13 N–H and O–H groups in total. The van der Waals surface area contributed by atoms with Crippen LogP contribution in [0.25, 0.3) is 0 Å². The first-order chi connectivity index (χ1) is 16.5. The van der Waals surface area contributed by atoms with E-state index in [1.807, 2.05) is 44.2 Å². The molecular formula is C22H38N10O3. The minimum absolute atomic E-state index is 0.0636. The number of benzene rings is 1. The van der Waals surface area contributed by atoms with Crippen LogP contribution >= 0.6 is 0 Å². The average Bonchev–Trinajstić information content (AvgIpc) is 2.77. The molecule has 1 rings (SSSR count). The summed E-state index contributed by atoms with van der Waals surface area (Å²) in [6, 6.07) is 6.54. The van der Waals surface area contributed by atoms with E-state index in [0.717, 1.165) is 5.56 Å². The number of carbonyl (C=O) groups is 3. The molecule has 35 heavy (non-hydrogen) atoms. The number of nitrogens with two attached hydrogens (primary N) is 3. The van der Waals surface area contributed by atoms with Crippen molar-refractivity contribution >= 4 is 29.6 Å². The van der Waals surface area contributed by atoms with Gasteiger partial charge < -0.3 is 33.2 Å². The third-order valence-corrected chi connectivity index (χ3v) is 4.97. The van der Waals surface area contributed by atoms with E-state index in [1.165, 1.54) is 0 Å². The zero-order valence-electron chi connectivity index (χ0n) is 20.2. The Morgan fingerprint density at radius 2 is 1.49 bits per heavy atom. The van der Waals surface area contributed by atoms with Gasteiger partial charge in [0.05, 0.1) is 0 Å². The van der Waals surface area contributed by atoms with Crippen molar-refractivity contribution in [2.45, 2.75) is 57.7 Å². The fourth-order valence-electron chi connectivity index (χ4n) is 3.29. The highest BCUT2D eigenvalue weighted by Gasteiger charge is 2.29. The Labute approximate surface area is 205 Å². The smallest absolute Gasteiger partial charge is 0.243 e. The fraction of sp³-hybridized carbons (Fsp3) is 0.500. The maximum absolute atomic E-state index is 13.1. The summed E-state index contributed by atoms with van der Waals surface area (Å²) in [5.41, 5.74) is 22.0. The van der Waals surface area contributed by atoms with Crippen molar-refractivity contribution in [1.29, 1.82) is 10.8 Å². The third kappa shape index (κ3) is 12.2. The summed E-state index contributed by atoms with van der Waals surface area (Å²) >= 11 is 0. The highest BCUT2D eigenvalue weighted by molar-refractivity contribution is 5.93. The predicted octanol–water partition coefficient (Wildman–Crippen LogP) is -1.65. The van der Waals surface area contributed by atoms with Crippen molar-refractivity contribution in [2.24, 2.45) is 23.1 Å². The van der Waals surface area contributed by atoms with E-state index in [1.54, 1.807) is 0 Å². The van der Waals surface area contributed by atoms with E-state index < -0.39 is 35.8 Å². The topological polar surface area (TPSA) is 237 Å². The Bertz CT molecular complexity index is 862.